The van der Waals surface area contributed by atoms with Crippen LogP contribution in [0.5, 0.6) is 0 Å². The topological polar surface area (TPSA) is 103 Å². The van der Waals surface area contributed by atoms with Crippen LogP contribution in [0.1, 0.15) is 22.3 Å². The summed E-state index contributed by atoms with van der Waals surface area (Å²) in [5, 5.41) is 15.5. The van der Waals surface area contributed by atoms with Crippen LogP contribution < -0.4 is 5.32 Å². The van der Waals surface area contributed by atoms with Crippen LogP contribution >= 0.6 is 0 Å². The fourth-order valence-electron chi connectivity index (χ4n) is 3.49. The van der Waals surface area contributed by atoms with Crippen LogP contribution in [0.15, 0.2) is 65.9 Å². The van der Waals surface area contributed by atoms with E-state index in [0.717, 1.165) is 5.56 Å². The van der Waals surface area contributed by atoms with Crippen molar-refractivity contribution in [2.24, 2.45) is 5.16 Å². The number of aromatic nitrogens is 2. The predicted octanol–water partition coefficient (Wildman–Crippen LogP) is 2.29. The molecule has 4 rings (SSSR count). The number of hydrogen-bond donors (Lipinski definition) is 1. The number of benzene rings is 2. The van der Waals surface area contributed by atoms with Gasteiger partial charge in [-0.05, 0) is 11.6 Å². The molecule has 30 heavy (non-hydrogen) atoms. The van der Waals surface area contributed by atoms with Crippen molar-refractivity contribution in [2.75, 3.05) is 13.7 Å². The van der Waals surface area contributed by atoms with Gasteiger partial charge in [-0.1, -0.05) is 53.7 Å². The van der Waals surface area contributed by atoms with Gasteiger partial charge in [-0.25, -0.2) is 4.79 Å². The number of carbonyl (C=O) groups excluding carboxylic acids is 2. The highest BCUT2D eigenvalue weighted by atomic mass is 16.7. The standard InChI is InChI=1S/C22H20N4O4/c1-29-21(28)22(11-15-7-3-2-4-8-15)12-16(26-30-22)13-23-20(27)18-14-24-25-19-10-6-5-9-17(18)19/h2-10,14H,11-13H2,1H3,(H,23,27). The molecule has 8 nitrogen and oxygen atoms in total. The number of rotatable bonds is 6. The van der Waals surface area contributed by atoms with Crippen molar-refractivity contribution in [2.45, 2.75) is 18.4 Å². The van der Waals surface area contributed by atoms with Gasteiger partial charge >= 0.3 is 5.97 Å². The molecule has 1 unspecified atom stereocenters. The molecule has 0 aliphatic carbocycles. The van der Waals surface area contributed by atoms with Crippen LogP contribution in [0.4, 0.5) is 0 Å². The minimum absolute atomic E-state index is 0.142. The van der Waals surface area contributed by atoms with Gasteiger partial charge in [0.1, 0.15) is 0 Å². The summed E-state index contributed by atoms with van der Waals surface area (Å²) in [7, 11) is 1.32. The summed E-state index contributed by atoms with van der Waals surface area (Å²) in [6.07, 6.45) is 1.98. The monoisotopic (exact) mass is 404 g/mol. The Morgan fingerprint density at radius 3 is 2.70 bits per heavy atom. The van der Waals surface area contributed by atoms with Crippen LogP contribution in [0.3, 0.4) is 0 Å². The van der Waals surface area contributed by atoms with Crippen LogP contribution in [-0.2, 0) is 20.8 Å². The van der Waals surface area contributed by atoms with E-state index in [2.05, 4.69) is 20.7 Å². The third kappa shape index (κ3) is 3.84. The first-order valence-corrected chi connectivity index (χ1v) is 9.46. The van der Waals surface area contributed by atoms with E-state index in [1.165, 1.54) is 13.3 Å². The highest BCUT2D eigenvalue weighted by Gasteiger charge is 2.47. The molecule has 0 fully saturated rings. The number of fused-ring (bicyclic) bond motifs is 1. The number of nitrogens with zero attached hydrogens (tertiary/aromatic N) is 3. The summed E-state index contributed by atoms with van der Waals surface area (Å²) in [6.45, 7) is 0.142. The summed E-state index contributed by atoms with van der Waals surface area (Å²) in [5.41, 5.74) is 1.30. The molecule has 3 aromatic rings. The van der Waals surface area contributed by atoms with E-state index in [1.54, 1.807) is 6.07 Å². The van der Waals surface area contributed by atoms with Gasteiger partial charge in [-0.3, -0.25) is 4.79 Å². The Kier molecular flexibility index (Phi) is 5.38. The zero-order chi connectivity index (χ0) is 21.0. The second kappa shape index (κ2) is 8.28. The summed E-state index contributed by atoms with van der Waals surface area (Å²) in [4.78, 5) is 30.7. The largest absolute Gasteiger partial charge is 0.466 e. The van der Waals surface area contributed by atoms with Gasteiger partial charge in [0.15, 0.2) is 0 Å². The summed E-state index contributed by atoms with van der Waals surface area (Å²) in [5.74, 6) is -0.803. The Balaban J connectivity index is 1.45. The van der Waals surface area contributed by atoms with Crippen molar-refractivity contribution in [3.63, 3.8) is 0 Å². The summed E-state index contributed by atoms with van der Waals surface area (Å²) in [6, 6.07) is 16.8. The Labute approximate surface area is 172 Å². The van der Waals surface area contributed by atoms with E-state index in [9.17, 15) is 9.59 Å². The number of carbonyl (C=O) groups is 2. The van der Waals surface area contributed by atoms with Gasteiger partial charge in [-0.15, -0.1) is 0 Å². The van der Waals surface area contributed by atoms with Crippen molar-refractivity contribution in [3.05, 3.63) is 71.9 Å². The van der Waals surface area contributed by atoms with Gasteiger partial charge in [0.2, 0.25) is 5.60 Å². The molecule has 0 saturated carbocycles. The lowest BCUT2D eigenvalue weighted by molar-refractivity contribution is -0.166. The van der Waals surface area contributed by atoms with Crippen molar-refractivity contribution < 1.29 is 19.2 Å². The number of esters is 1. The molecule has 1 amide bonds. The lowest BCUT2D eigenvalue weighted by Gasteiger charge is -2.23. The second-order valence-electron chi connectivity index (χ2n) is 7.03. The second-order valence-corrected chi connectivity index (χ2v) is 7.03. The summed E-state index contributed by atoms with van der Waals surface area (Å²) >= 11 is 0. The molecule has 0 bridgehead atoms. The van der Waals surface area contributed by atoms with Gasteiger partial charge < -0.3 is 14.9 Å². The smallest absolute Gasteiger partial charge is 0.353 e. The predicted molar refractivity (Wildman–Crippen MR) is 110 cm³/mol. The molecule has 2 heterocycles. The Hall–Kier alpha value is -3.81. The third-order valence-corrected chi connectivity index (χ3v) is 4.97. The number of nitrogens with one attached hydrogen (secondary N) is 1. The zero-order valence-corrected chi connectivity index (χ0v) is 16.4. The Bertz CT molecular complexity index is 1110. The minimum Gasteiger partial charge on any atom is -0.466 e. The van der Waals surface area contributed by atoms with Gasteiger partial charge in [0.05, 0.1) is 36.6 Å². The first-order chi connectivity index (χ1) is 14.6. The maximum absolute atomic E-state index is 12.7. The number of methoxy groups -OCH3 is 1. The normalized spacial score (nSPS) is 17.8. The van der Waals surface area contributed by atoms with E-state index in [1.807, 2.05) is 48.5 Å². The van der Waals surface area contributed by atoms with Gasteiger partial charge in [0.25, 0.3) is 5.91 Å². The Morgan fingerprint density at radius 2 is 1.90 bits per heavy atom. The average Bonchev–Trinajstić information content (AvgIpc) is 3.21. The van der Waals surface area contributed by atoms with E-state index in [0.29, 0.717) is 28.6 Å². The molecule has 1 aliphatic heterocycles. The fraction of sp³-hybridized carbons (Fsp3) is 0.227. The minimum atomic E-state index is -1.24. The highest BCUT2D eigenvalue weighted by Crippen LogP contribution is 2.29. The van der Waals surface area contributed by atoms with E-state index < -0.39 is 11.6 Å². The SMILES string of the molecule is COC(=O)C1(Cc2ccccc2)CC(CNC(=O)c2cnnc3ccccc23)=NO1. The van der Waals surface area contributed by atoms with E-state index >= 15 is 0 Å². The lowest BCUT2D eigenvalue weighted by Crippen LogP contribution is -2.43. The number of oxime groups is 1. The lowest BCUT2D eigenvalue weighted by atomic mass is 9.89. The van der Waals surface area contributed by atoms with Crippen LogP contribution in [0, 0.1) is 0 Å². The van der Waals surface area contributed by atoms with Gasteiger partial charge in [-0.2, -0.15) is 10.2 Å². The van der Waals surface area contributed by atoms with Crippen molar-refractivity contribution in [1.29, 1.82) is 0 Å². The molecule has 1 atom stereocenters. The molecular weight excluding hydrogens is 384 g/mol. The van der Waals surface area contributed by atoms with E-state index in [-0.39, 0.29) is 18.9 Å². The maximum Gasteiger partial charge on any atom is 0.353 e. The number of amides is 1. The molecule has 0 spiro atoms. The zero-order valence-electron chi connectivity index (χ0n) is 16.4. The summed E-state index contributed by atoms with van der Waals surface area (Å²) < 4.78 is 4.96. The van der Waals surface area contributed by atoms with Crippen molar-refractivity contribution in [1.82, 2.24) is 15.5 Å². The van der Waals surface area contributed by atoms with Crippen LogP contribution in [0.2, 0.25) is 0 Å². The molecule has 1 N–H and O–H groups in total. The first-order valence-electron chi connectivity index (χ1n) is 9.46. The van der Waals surface area contributed by atoms with E-state index in [4.69, 9.17) is 9.57 Å². The third-order valence-electron chi connectivity index (χ3n) is 4.97. The molecule has 0 saturated heterocycles. The highest BCUT2D eigenvalue weighted by molar-refractivity contribution is 6.07. The Morgan fingerprint density at radius 1 is 1.13 bits per heavy atom. The molecule has 152 valence electrons. The van der Waals surface area contributed by atoms with Crippen molar-refractivity contribution in [3.8, 4) is 0 Å². The van der Waals surface area contributed by atoms with Gasteiger partial charge in [0, 0.05) is 18.2 Å². The molecule has 2 aromatic carbocycles. The quantitative estimate of drug-likeness (QED) is 0.633. The number of hydrogen-bond acceptors (Lipinski definition) is 7. The molecular formula is C22H20N4O4. The van der Waals surface area contributed by atoms with Crippen LogP contribution in [-0.4, -0.2) is 47.0 Å². The number of ether oxygens (including phenoxy) is 1. The van der Waals surface area contributed by atoms with Crippen molar-refractivity contribution >= 4 is 28.5 Å². The molecule has 0 radical (unpaired) electrons. The average molecular weight is 404 g/mol. The molecule has 1 aromatic heterocycles. The maximum atomic E-state index is 12.7. The molecule has 8 heteroatoms. The molecule has 1 aliphatic rings. The first kappa shape index (κ1) is 19.5. The fourth-order valence-corrected chi connectivity index (χ4v) is 3.49. The van der Waals surface area contributed by atoms with Crippen LogP contribution in [0.25, 0.3) is 10.9 Å².